The molecule has 82 valence electrons. The maximum absolute atomic E-state index is 11.5. The van der Waals surface area contributed by atoms with Gasteiger partial charge in [-0.2, -0.15) is 5.10 Å². The normalized spacial score (nSPS) is 10.1. The minimum absolute atomic E-state index is 0.348. The van der Waals surface area contributed by atoms with Gasteiger partial charge < -0.3 is 4.74 Å². The third-order valence-corrected chi connectivity index (χ3v) is 2.26. The van der Waals surface area contributed by atoms with E-state index >= 15 is 0 Å². The Morgan fingerprint density at radius 3 is 2.94 bits per heavy atom. The van der Waals surface area contributed by atoms with Gasteiger partial charge in [-0.25, -0.2) is 14.5 Å². The van der Waals surface area contributed by atoms with Crippen LogP contribution in [0.3, 0.4) is 0 Å². The first-order chi connectivity index (χ1) is 7.72. The van der Waals surface area contributed by atoms with Crippen LogP contribution in [0.2, 0.25) is 5.02 Å². The van der Waals surface area contributed by atoms with Gasteiger partial charge in [0, 0.05) is 5.02 Å². The number of ether oxygens (including phenoxy) is 1. The smallest absolute Gasteiger partial charge is 0.340 e. The fourth-order valence-corrected chi connectivity index (χ4v) is 1.49. The highest BCUT2D eigenvalue weighted by atomic mass is 35.5. The summed E-state index contributed by atoms with van der Waals surface area (Å²) in [7, 11) is 1.31. The lowest BCUT2D eigenvalue weighted by molar-refractivity contribution is 0.0600. The number of hydrogen-bond acceptors (Lipinski definition) is 4. The molecule has 1 heterocycles. The Bertz CT molecular complexity index is 511. The highest BCUT2D eigenvalue weighted by Gasteiger charge is 2.14. The van der Waals surface area contributed by atoms with Crippen molar-refractivity contribution < 1.29 is 9.53 Å². The van der Waals surface area contributed by atoms with Gasteiger partial charge in [-0.1, -0.05) is 11.6 Å². The van der Waals surface area contributed by atoms with Crippen molar-refractivity contribution in [3.05, 3.63) is 41.4 Å². The molecule has 0 aliphatic rings. The van der Waals surface area contributed by atoms with Crippen LogP contribution in [0.1, 0.15) is 10.4 Å². The molecule has 0 saturated carbocycles. The molecule has 0 aliphatic carbocycles. The molecule has 16 heavy (non-hydrogen) atoms. The van der Waals surface area contributed by atoms with Crippen molar-refractivity contribution >= 4 is 17.6 Å². The molecule has 1 aromatic heterocycles. The SMILES string of the molecule is COC(=O)c1cc(Cl)ccc1-n1cncn1. The monoisotopic (exact) mass is 237 g/mol. The van der Waals surface area contributed by atoms with E-state index in [9.17, 15) is 4.79 Å². The molecule has 2 aromatic rings. The largest absolute Gasteiger partial charge is 0.465 e. The van der Waals surface area contributed by atoms with E-state index in [2.05, 4.69) is 14.8 Å². The number of halogens is 1. The molecule has 5 nitrogen and oxygen atoms in total. The number of carbonyl (C=O) groups is 1. The highest BCUT2D eigenvalue weighted by Crippen LogP contribution is 2.19. The number of methoxy groups -OCH3 is 1. The van der Waals surface area contributed by atoms with Crippen LogP contribution in [-0.2, 0) is 4.74 Å². The lowest BCUT2D eigenvalue weighted by atomic mass is 10.2. The molecule has 0 amide bonds. The minimum atomic E-state index is -0.465. The summed E-state index contributed by atoms with van der Waals surface area (Å²) in [5.41, 5.74) is 0.925. The maximum atomic E-state index is 11.5. The van der Waals surface area contributed by atoms with Gasteiger partial charge in [0.1, 0.15) is 12.7 Å². The van der Waals surface area contributed by atoms with Crippen molar-refractivity contribution in [2.45, 2.75) is 0 Å². The van der Waals surface area contributed by atoms with Gasteiger partial charge in [0.15, 0.2) is 0 Å². The van der Waals surface area contributed by atoms with E-state index in [4.69, 9.17) is 11.6 Å². The molecule has 0 spiro atoms. The van der Waals surface area contributed by atoms with Crippen LogP contribution in [0.5, 0.6) is 0 Å². The Kier molecular flexibility index (Phi) is 2.87. The van der Waals surface area contributed by atoms with E-state index in [1.807, 2.05) is 0 Å². The van der Waals surface area contributed by atoms with Crippen molar-refractivity contribution in [3.8, 4) is 5.69 Å². The van der Waals surface area contributed by atoms with Crippen LogP contribution >= 0.6 is 11.6 Å². The van der Waals surface area contributed by atoms with Gasteiger partial charge in [0.25, 0.3) is 0 Å². The Balaban J connectivity index is 2.57. The lowest BCUT2D eigenvalue weighted by Gasteiger charge is -2.07. The molecule has 0 fully saturated rings. The van der Waals surface area contributed by atoms with Gasteiger partial charge in [-0.05, 0) is 18.2 Å². The molecule has 0 unspecified atom stereocenters. The van der Waals surface area contributed by atoms with E-state index < -0.39 is 5.97 Å². The topological polar surface area (TPSA) is 57.0 Å². The van der Waals surface area contributed by atoms with E-state index in [0.717, 1.165) is 0 Å². The van der Waals surface area contributed by atoms with Crippen LogP contribution in [-0.4, -0.2) is 27.8 Å². The molecule has 0 radical (unpaired) electrons. The zero-order chi connectivity index (χ0) is 11.5. The zero-order valence-corrected chi connectivity index (χ0v) is 9.18. The zero-order valence-electron chi connectivity index (χ0n) is 8.42. The minimum Gasteiger partial charge on any atom is -0.465 e. The van der Waals surface area contributed by atoms with Crippen LogP contribution in [0.15, 0.2) is 30.9 Å². The van der Waals surface area contributed by atoms with E-state index in [1.165, 1.54) is 30.5 Å². The Morgan fingerprint density at radius 2 is 2.31 bits per heavy atom. The maximum Gasteiger partial charge on any atom is 0.340 e. The third-order valence-electron chi connectivity index (χ3n) is 2.03. The molecule has 6 heteroatoms. The van der Waals surface area contributed by atoms with Crippen molar-refractivity contribution in [1.82, 2.24) is 14.8 Å². The van der Waals surface area contributed by atoms with Gasteiger partial charge in [-0.15, -0.1) is 0 Å². The second-order valence-electron chi connectivity index (χ2n) is 2.99. The third kappa shape index (κ3) is 1.90. The van der Waals surface area contributed by atoms with Crippen molar-refractivity contribution in [2.75, 3.05) is 7.11 Å². The number of esters is 1. The molecule has 0 atom stereocenters. The lowest BCUT2D eigenvalue weighted by Crippen LogP contribution is -2.08. The van der Waals surface area contributed by atoms with Gasteiger partial charge >= 0.3 is 5.97 Å². The summed E-state index contributed by atoms with van der Waals surface area (Å²) >= 11 is 5.83. The molecule has 0 N–H and O–H groups in total. The first-order valence-electron chi connectivity index (χ1n) is 4.45. The number of rotatable bonds is 2. The molecule has 0 aliphatic heterocycles. The van der Waals surface area contributed by atoms with Crippen LogP contribution in [0.25, 0.3) is 5.69 Å². The summed E-state index contributed by atoms with van der Waals surface area (Å²) in [6.07, 6.45) is 2.88. The summed E-state index contributed by atoms with van der Waals surface area (Å²) in [4.78, 5) is 15.4. The fourth-order valence-electron chi connectivity index (χ4n) is 1.31. The fraction of sp³-hybridized carbons (Fsp3) is 0.100. The van der Waals surface area contributed by atoms with Gasteiger partial charge in [0.05, 0.1) is 18.4 Å². The standard InChI is InChI=1S/C10H8ClN3O2/c1-16-10(15)8-4-7(11)2-3-9(8)14-6-12-5-13-14/h2-6H,1H3. The predicted octanol–water partition coefficient (Wildman–Crippen LogP) is 1.71. The second-order valence-corrected chi connectivity index (χ2v) is 3.43. The van der Waals surface area contributed by atoms with E-state index in [0.29, 0.717) is 16.3 Å². The van der Waals surface area contributed by atoms with Gasteiger partial charge in [-0.3, -0.25) is 0 Å². The first-order valence-corrected chi connectivity index (χ1v) is 4.83. The summed E-state index contributed by atoms with van der Waals surface area (Å²) in [5, 5.41) is 4.41. The number of hydrogen-bond donors (Lipinski definition) is 0. The number of carbonyl (C=O) groups excluding carboxylic acids is 1. The summed E-state index contributed by atoms with van der Waals surface area (Å²) in [6.45, 7) is 0. The highest BCUT2D eigenvalue weighted by molar-refractivity contribution is 6.31. The summed E-state index contributed by atoms with van der Waals surface area (Å²) in [5.74, 6) is -0.465. The van der Waals surface area contributed by atoms with Crippen molar-refractivity contribution in [3.63, 3.8) is 0 Å². The summed E-state index contributed by atoms with van der Waals surface area (Å²) < 4.78 is 6.15. The van der Waals surface area contributed by atoms with E-state index in [1.54, 1.807) is 12.1 Å². The molecule has 1 aromatic carbocycles. The Morgan fingerprint density at radius 1 is 1.50 bits per heavy atom. The van der Waals surface area contributed by atoms with Crippen LogP contribution in [0, 0.1) is 0 Å². The second kappa shape index (κ2) is 4.32. The summed E-state index contributed by atoms with van der Waals surface area (Å²) in [6, 6.07) is 4.89. The Labute approximate surface area is 96.6 Å². The van der Waals surface area contributed by atoms with Crippen LogP contribution < -0.4 is 0 Å². The molecule has 0 bridgehead atoms. The first kappa shape index (κ1) is 10.6. The van der Waals surface area contributed by atoms with Gasteiger partial charge in [0.2, 0.25) is 0 Å². The van der Waals surface area contributed by atoms with Crippen molar-refractivity contribution in [2.24, 2.45) is 0 Å². The molecule has 0 saturated heterocycles. The quantitative estimate of drug-likeness (QED) is 0.746. The average Bonchev–Trinajstić information content (AvgIpc) is 2.81. The van der Waals surface area contributed by atoms with E-state index in [-0.39, 0.29) is 0 Å². The predicted molar refractivity (Wildman–Crippen MR) is 57.7 cm³/mol. The number of nitrogens with zero attached hydrogens (tertiary/aromatic N) is 3. The Hall–Kier alpha value is -1.88. The number of benzene rings is 1. The average molecular weight is 238 g/mol. The number of aromatic nitrogens is 3. The molecular weight excluding hydrogens is 230 g/mol. The molecule has 2 rings (SSSR count). The van der Waals surface area contributed by atoms with Crippen molar-refractivity contribution in [1.29, 1.82) is 0 Å². The van der Waals surface area contributed by atoms with Crippen LogP contribution in [0.4, 0.5) is 0 Å². The molecular formula is C10H8ClN3O2.